The Labute approximate surface area is 159 Å². The number of pyridine rings is 1. The van der Waals surface area contributed by atoms with Gasteiger partial charge < -0.3 is 10.1 Å². The van der Waals surface area contributed by atoms with Gasteiger partial charge in [-0.3, -0.25) is 4.98 Å². The van der Waals surface area contributed by atoms with Crippen LogP contribution in [0.2, 0.25) is 0 Å². The van der Waals surface area contributed by atoms with Gasteiger partial charge in [0, 0.05) is 23.2 Å². The van der Waals surface area contributed by atoms with Crippen LogP contribution in [-0.2, 0) is 11.2 Å². The number of rotatable bonds is 4. The van der Waals surface area contributed by atoms with E-state index in [1.807, 2.05) is 44.2 Å². The zero-order valence-electron chi connectivity index (χ0n) is 15.8. The van der Waals surface area contributed by atoms with Crippen LogP contribution < -0.4 is 5.32 Å². The molecule has 1 heterocycles. The molecule has 0 saturated heterocycles. The smallest absolute Gasteiger partial charge is 0.342 e. The normalized spacial score (nSPS) is 11.7. The van der Waals surface area contributed by atoms with Crippen molar-refractivity contribution in [3.05, 3.63) is 76.5 Å². The second-order valence-corrected chi connectivity index (χ2v) is 6.77. The molecule has 0 bridgehead atoms. The molecule has 0 spiro atoms. The third kappa shape index (κ3) is 2.97. The molecule has 0 unspecified atom stereocenters. The highest BCUT2D eigenvalue weighted by Gasteiger charge is 2.29. The molecule has 1 N–H and O–H groups in total. The van der Waals surface area contributed by atoms with Crippen LogP contribution in [0.1, 0.15) is 39.7 Å². The summed E-state index contributed by atoms with van der Waals surface area (Å²) in [5.41, 5.74) is 8.47. The van der Waals surface area contributed by atoms with Crippen molar-refractivity contribution in [2.75, 3.05) is 11.9 Å². The number of hydrogen-bond donors (Lipinski definition) is 1. The van der Waals surface area contributed by atoms with E-state index in [0.717, 1.165) is 40.2 Å². The fraction of sp³-hybridized carbons (Fsp3) is 0.217. The molecule has 0 radical (unpaired) electrons. The number of esters is 1. The maximum Gasteiger partial charge on any atom is 0.342 e. The molecule has 4 nitrogen and oxygen atoms in total. The van der Waals surface area contributed by atoms with Gasteiger partial charge in [-0.05, 0) is 38.0 Å². The van der Waals surface area contributed by atoms with Gasteiger partial charge in [-0.15, -0.1) is 0 Å². The van der Waals surface area contributed by atoms with Crippen LogP contribution in [0.15, 0.2) is 48.5 Å². The van der Waals surface area contributed by atoms with Gasteiger partial charge in [-0.25, -0.2) is 4.79 Å². The first-order valence-electron chi connectivity index (χ1n) is 9.21. The van der Waals surface area contributed by atoms with Crippen molar-refractivity contribution >= 4 is 17.3 Å². The first-order chi connectivity index (χ1) is 13.1. The molecule has 4 heteroatoms. The fourth-order valence-electron chi connectivity index (χ4n) is 3.67. The molecule has 0 amide bonds. The van der Waals surface area contributed by atoms with E-state index in [4.69, 9.17) is 9.72 Å². The highest BCUT2D eigenvalue weighted by molar-refractivity contribution is 6.01. The standard InChI is InChI=1S/C23H22N2O2/c1-4-27-23(26)20-15(3)24-21-17-11-7-6-10-16(17)13-18(21)22(20)25-19-12-8-5-9-14(19)2/h5-12H,4,13H2,1-3H3,(H,24,25). The molecular formula is C23H22N2O2. The average Bonchev–Trinajstić information content (AvgIpc) is 3.02. The van der Waals surface area contributed by atoms with Gasteiger partial charge in [0.2, 0.25) is 0 Å². The van der Waals surface area contributed by atoms with E-state index in [0.29, 0.717) is 17.9 Å². The van der Waals surface area contributed by atoms with Crippen LogP contribution in [0, 0.1) is 13.8 Å². The van der Waals surface area contributed by atoms with Gasteiger partial charge in [-0.2, -0.15) is 0 Å². The molecule has 4 rings (SSSR count). The zero-order chi connectivity index (χ0) is 19.0. The number of aryl methyl sites for hydroxylation is 2. The second kappa shape index (κ2) is 6.88. The van der Waals surface area contributed by atoms with Gasteiger partial charge in [-0.1, -0.05) is 42.5 Å². The molecule has 1 aliphatic carbocycles. The van der Waals surface area contributed by atoms with Crippen molar-refractivity contribution in [1.82, 2.24) is 4.98 Å². The molecule has 0 aliphatic heterocycles. The molecule has 0 atom stereocenters. The first-order valence-corrected chi connectivity index (χ1v) is 9.21. The number of fused-ring (bicyclic) bond motifs is 3. The second-order valence-electron chi connectivity index (χ2n) is 6.77. The number of benzene rings is 2. The minimum Gasteiger partial charge on any atom is -0.462 e. The number of carbonyl (C=O) groups excluding carboxylic acids is 1. The van der Waals surface area contributed by atoms with Gasteiger partial charge in [0.1, 0.15) is 5.56 Å². The summed E-state index contributed by atoms with van der Waals surface area (Å²) in [4.78, 5) is 17.5. The van der Waals surface area contributed by atoms with E-state index in [1.165, 1.54) is 5.56 Å². The van der Waals surface area contributed by atoms with Crippen LogP contribution >= 0.6 is 0 Å². The predicted octanol–water partition coefficient (Wildman–Crippen LogP) is 5.19. The largest absolute Gasteiger partial charge is 0.462 e. The van der Waals surface area contributed by atoms with Crippen LogP contribution in [0.4, 0.5) is 11.4 Å². The molecule has 3 aromatic rings. The lowest BCUT2D eigenvalue weighted by Crippen LogP contribution is -2.14. The SMILES string of the molecule is CCOC(=O)c1c(C)nc2c(c1Nc1ccccc1C)Cc1ccccc1-2. The summed E-state index contributed by atoms with van der Waals surface area (Å²) in [6.45, 7) is 6.07. The molecular weight excluding hydrogens is 336 g/mol. The van der Waals surface area contributed by atoms with E-state index in [-0.39, 0.29) is 5.97 Å². The van der Waals surface area contributed by atoms with Gasteiger partial charge in [0.15, 0.2) is 0 Å². The Kier molecular flexibility index (Phi) is 4.40. The van der Waals surface area contributed by atoms with Gasteiger partial charge in [0.05, 0.1) is 23.7 Å². The van der Waals surface area contributed by atoms with E-state index in [1.54, 1.807) is 0 Å². The quantitative estimate of drug-likeness (QED) is 0.510. The number of nitrogens with zero attached hydrogens (tertiary/aromatic N) is 1. The number of aromatic nitrogens is 1. The van der Waals surface area contributed by atoms with E-state index in [9.17, 15) is 4.79 Å². The molecule has 1 aromatic heterocycles. The Bertz CT molecular complexity index is 1040. The number of nitrogens with one attached hydrogen (secondary N) is 1. The summed E-state index contributed by atoms with van der Waals surface area (Å²) >= 11 is 0. The van der Waals surface area contributed by atoms with Crippen molar-refractivity contribution in [2.24, 2.45) is 0 Å². The van der Waals surface area contributed by atoms with Crippen LogP contribution in [0.3, 0.4) is 0 Å². The minimum absolute atomic E-state index is 0.333. The summed E-state index contributed by atoms with van der Waals surface area (Å²) in [5, 5.41) is 3.52. The van der Waals surface area contributed by atoms with E-state index >= 15 is 0 Å². The Balaban J connectivity index is 1.92. The van der Waals surface area contributed by atoms with E-state index < -0.39 is 0 Å². The lowest BCUT2D eigenvalue weighted by atomic mass is 10.0. The minimum atomic E-state index is -0.336. The van der Waals surface area contributed by atoms with Crippen LogP contribution in [-0.4, -0.2) is 17.6 Å². The molecule has 0 fully saturated rings. The Morgan fingerprint density at radius 2 is 1.85 bits per heavy atom. The van der Waals surface area contributed by atoms with Crippen molar-refractivity contribution in [3.63, 3.8) is 0 Å². The summed E-state index contributed by atoms with van der Waals surface area (Å²) < 4.78 is 5.34. The number of anilines is 2. The van der Waals surface area contributed by atoms with Crippen LogP contribution in [0.25, 0.3) is 11.3 Å². The third-order valence-electron chi connectivity index (χ3n) is 5.00. The molecule has 2 aromatic carbocycles. The van der Waals surface area contributed by atoms with Gasteiger partial charge >= 0.3 is 5.97 Å². The number of hydrogen-bond acceptors (Lipinski definition) is 4. The number of ether oxygens (including phenoxy) is 1. The molecule has 0 saturated carbocycles. The highest BCUT2D eigenvalue weighted by Crippen LogP contribution is 2.42. The van der Waals surface area contributed by atoms with Crippen molar-refractivity contribution in [1.29, 1.82) is 0 Å². The van der Waals surface area contributed by atoms with Crippen molar-refractivity contribution in [2.45, 2.75) is 27.2 Å². The summed E-state index contributed by atoms with van der Waals surface area (Å²) in [6.07, 6.45) is 0.749. The van der Waals surface area contributed by atoms with Crippen molar-refractivity contribution in [3.8, 4) is 11.3 Å². The Morgan fingerprint density at radius 1 is 1.11 bits per heavy atom. The summed E-state index contributed by atoms with van der Waals surface area (Å²) in [5.74, 6) is -0.336. The molecule has 27 heavy (non-hydrogen) atoms. The van der Waals surface area contributed by atoms with Crippen molar-refractivity contribution < 1.29 is 9.53 Å². The number of carbonyl (C=O) groups is 1. The summed E-state index contributed by atoms with van der Waals surface area (Å²) in [6, 6.07) is 16.3. The maximum absolute atomic E-state index is 12.7. The topological polar surface area (TPSA) is 51.2 Å². The molecule has 1 aliphatic rings. The Hall–Kier alpha value is -3.14. The fourth-order valence-corrected chi connectivity index (χ4v) is 3.67. The van der Waals surface area contributed by atoms with Gasteiger partial charge in [0.25, 0.3) is 0 Å². The number of para-hydroxylation sites is 1. The molecule has 136 valence electrons. The summed E-state index contributed by atoms with van der Waals surface area (Å²) in [7, 11) is 0. The lowest BCUT2D eigenvalue weighted by Gasteiger charge is -2.18. The average molecular weight is 358 g/mol. The predicted molar refractivity (Wildman–Crippen MR) is 108 cm³/mol. The highest BCUT2D eigenvalue weighted by atomic mass is 16.5. The van der Waals surface area contributed by atoms with E-state index in [2.05, 4.69) is 30.4 Å². The monoisotopic (exact) mass is 358 g/mol. The lowest BCUT2D eigenvalue weighted by molar-refractivity contribution is 0.0526. The first kappa shape index (κ1) is 17.3. The Morgan fingerprint density at radius 3 is 2.63 bits per heavy atom. The third-order valence-corrected chi connectivity index (χ3v) is 5.00. The maximum atomic E-state index is 12.7. The zero-order valence-corrected chi connectivity index (χ0v) is 15.8. The van der Waals surface area contributed by atoms with Crippen LogP contribution in [0.5, 0.6) is 0 Å².